The number of nitrogens with two attached hydrogens (primary N) is 1. The Bertz CT molecular complexity index is 563. The van der Waals surface area contributed by atoms with Crippen molar-refractivity contribution < 1.29 is 0 Å². The van der Waals surface area contributed by atoms with Gasteiger partial charge in [0.2, 0.25) is 0 Å². The van der Waals surface area contributed by atoms with Gasteiger partial charge in [0, 0.05) is 5.54 Å². The zero-order valence-corrected chi connectivity index (χ0v) is 9.63. The first-order valence-electron chi connectivity index (χ1n) is 4.54. The lowest BCUT2D eigenvalue weighted by Gasteiger charge is -2.19. The predicted octanol–water partition coefficient (Wildman–Crippen LogP) is 1.19. The molecule has 0 saturated carbocycles. The lowest BCUT2D eigenvalue weighted by atomic mass is 10.1. The number of hydrogen-bond acceptors (Lipinski definition) is 5. The van der Waals surface area contributed by atoms with Crippen molar-refractivity contribution in [2.45, 2.75) is 26.3 Å². The molecule has 0 aliphatic carbocycles. The summed E-state index contributed by atoms with van der Waals surface area (Å²) in [4.78, 5) is 19.7. The van der Waals surface area contributed by atoms with Crippen LogP contribution >= 0.6 is 11.3 Å². The van der Waals surface area contributed by atoms with Gasteiger partial charge >= 0.3 is 4.87 Å². The van der Waals surface area contributed by atoms with Crippen LogP contribution in [-0.2, 0) is 5.54 Å². The number of nitrogen functional groups attached to an aromatic ring is 1. The van der Waals surface area contributed by atoms with Gasteiger partial charge in [-0.1, -0.05) is 11.3 Å². The van der Waals surface area contributed by atoms with E-state index in [9.17, 15) is 4.79 Å². The van der Waals surface area contributed by atoms with Crippen LogP contribution in [0.25, 0.3) is 10.3 Å². The second-order valence-electron chi connectivity index (χ2n) is 4.29. The Labute approximate surface area is 90.6 Å². The van der Waals surface area contributed by atoms with Crippen LogP contribution in [0.3, 0.4) is 0 Å². The third kappa shape index (κ3) is 1.50. The molecule has 0 aliphatic heterocycles. The smallest absolute Gasteiger partial charge is 0.309 e. The molecule has 0 bridgehead atoms. The highest BCUT2D eigenvalue weighted by atomic mass is 32.1. The Hall–Kier alpha value is -1.43. The summed E-state index contributed by atoms with van der Waals surface area (Å²) in [7, 11) is 0. The zero-order chi connectivity index (χ0) is 11.2. The van der Waals surface area contributed by atoms with Gasteiger partial charge < -0.3 is 5.73 Å². The van der Waals surface area contributed by atoms with Crippen molar-refractivity contribution in [3.05, 3.63) is 16.0 Å². The van der Waals surface area contributed by atoms with Gasteiger partial charge in [0.1, 0.15) is 16.8 Å². The molecule has 2 heterocycles. The molecule has 0 atom stereocenters. The second-order valence-corrected chi connectivity index (χ2v) is 5.25. The number of aromatic nitrogens is 3. The van der Waals surface area contributed by atoms with Gasteiger partial charge in [-0.05, 0) is 20.8 Å². The Morgan fingerprint density at radius 1 is 1.40 bits per heavy atom. The normalized spacial score (nSPS) is 12.2. The summed E-state index contributed by atoms with van der Waals surface area (Å²) < 4.78 is 2.31. The molecule has 0 aliphatic rings. The topological polar surface area (TPSA) is 73.8 Å². The molecule has 2 N–H and O–H groups in total. The Balaban J connectivity index is 2.92. The van der Waals surface area contributed by atoms with E-state index < -0.39 is 0 Å². The molecule has 0 fully saturated rings. The quantitative estimate of drug-likeness (QED) is 0.729. The number of anilines is 1. The van der Waals surface area contributed by atoms with E-state index >= 15 is 0 Å². The van der Waals surface area contributed by atoms with E-state index in [0.29, 0.717) is 16.2 Å². The van der Waals surface area contributed by atoms with Crippen molar-refractivity contribution in [2.24, 2.45) is 0 Å². The van der Waals surface area contributed by atoms with E-state index in [-0.39, 0.29) is 10.4 Å². The Kier molecular flexibility index (Phi) is 2.04. The number of rotatable bonds is 0. The van der Waals surface area contributed by atoms with Crippen molar-refractivity contribution in [1.29, 1.82) is 0 Å². The average molecular weight is 224 g/mol. The standard InChI is InChI=1S/C9H12N4OS/c1-9(2,3)13-7-5(15-8(13)14)6(10)11-4-12-7/h4H,1-3H3,(H2,10,11,12). The Morgan fingerprint density at radius 2 is 2.07 bits per heavy atom. The van der Waals surface area contributed by atoms with Crippen LogP contribution in [0.4, 0.5) is 5.82 Å². The number of thiazole rings is 1. The average Bonchev–Trinajstić information content (AvgIpc) is 2.41. The number of nitrogens with zero attached hydrogens (tertiary/aromatic N) is 3. The highest BCUT2D eigenvalue weighted by molar-refractivity contribution is 7.17. The summed E-state index contributed by atoms with van der Waals surface area (Å²) in [5.74, 6) is 0.366. The Morgan fingerprint density at radius 3 is 2.67 bits per heavy atom. The predicted molar refractivity (Wildman–Crippen MR) is 61.1 cm³/mol. The second kappa shape index (κ2) is 3.03. The van der Waals surface area contributed by atoms with Gasteiger partial charge in [0.15, 0.2) is 5.65 Å². The van der Waals surface area contributed by atoms with E-state index in [4.69, 9.17) is 5.73 Å². The third-order valence-corrected chi connectivity index (χ3v) is 3.02. The molecule has 0 saturated heterocycles. The molecular weight excluding hydrogens is 212 g/mol. The summed E-state index contributed by atoms with van der Waals surface area (Å²) in [6.07, 6.45) is 1.38. The molecule has 2 aromatic heterocycles. The summed E-state index contributed by atoms with van der Waals surface area (Å²) >= 11 is 1.09. The molecular formula is C9H12N4OS. The third-order valence-electron chi connectivity index (χ3n) is 2.07. The van der Waals surface area contributed by atoms with Gasteiger partial charge in [0.05, 0.1) is 0 Å². The van der Waals surface area contributed by atoms with Crippen LogP contribution in [0, 0.1) is 0 Å². The van der Waals surface area contributed by atoms with Crippen LogP contribution in [0.1, 0.15) is 20.8 Å². The fraction of sp³-hybridized carbons (Fsp3) is 0.444. The summed E-state index contributed by atoms with van der Waals surface area (Å²) in [5, 5.41) is 0. The fourth-order valence-electron chi connectivity index (χ4n) is 1.45. The lowest BCUT2D eigenvalue weighted by Crippen LogP contribution is -2.30. The summed E-state index contributed by atoms with van der Waals surface area (Å²) in [6, 6.07) is 0. The van der Waals surface area contributed by atoms with Crippen LogP contribution in [-0.4, -0.2) is 14.5 Å². The molecule has 80 valence electrons. The minimum Gasteiger partial charge on any atom is -0.382 e. The molecule has 0 amide bonds. The first-order valence-corrected chi connectivity index (χ1v) is 5.35. The van der Waals surface area contributed by atoms with Crippen molar-refractivity contribution in [1.82, 2.24) is 14.5 Å². The van der Waals surface area contributed by atoms with Gasteiger partial charge in [-0.15, -0.1) is 0 Å². The first kappa shape index (κ1) is 10.1. The maximum Gasteiger partial charge on any atom is 0.309 e. The van der Waals surface area contributed by atoms with Gasteiger partial charge in [-0.2, -0.15) is 0 Å². The SMILES string of the molecule is CC(C)(C)n1c(=O)sc2c(N)ncnc21. The van der Waals surface area contributed by atoms with Crippen molar-refractivity contribution >= 4 is 27.5 Å². The van der Waals surface area contributed by atoms with Gasteiger partial charge in [0.25, 0.3) is 0 Å². The van der Waals surface area contributed by atoms with Gasteiger partial charge in [-0.3, -0.25) is 9.36 Å². The minimum atomic E-state index is -0.296. The van der Waals surface area contributed by atoms with E-state index in [2.05, 4.69) is 9.97 Å². The molecule has 0 radical (unpaired) electrons. The minimum absolute atomic E-state index is 0.0512. The molecule has 2 aromatic rings. The molecule has 15 heavy (non-hydrogen) atoms. The van der Waals surface area contributed by atoms with Crippen molar-refractivity contribution in [3.8, 4) is 0 Å². The highest BCUT2D eigenvalue weighted by Gasteiger charge is 2.21. The number of fused-ring (bicyclic) bond motifs is 1. The van der Waals surface area contributed by atoms with E-state index in [1.54, 1.807) is 4.57 Å². The van der Waals surface area contributed by atoms with Gasteiger partial charge in [-0.25, -0.2) is 9.97 Å². The van der Waals surface area contributed by atoms with E-state index in [0.717, 1.165) is 11.3 Å². The zero-order valence-electron chi connectivity index (χ0n) is 8.81. The fourth-order valence-corrected chi connectivity index (χ4v) is 2.46. The highest BCUT2D eigenvalue weighted by Crippen LogP contribution is 2.24. The van der Waals surface area contributed by atoms with Crippen LogP contribution in [0.15, 0.2) is 11.1 Å². The molecule has 5 nitrogen and oxygen atoms in total. The molecule has 0 unspecified atom stereocenters. The summed E-state index contributed by atoms with van der Waals surface area (Å²) in [6.45, 7) is 5.87. The summed E-state index contributed by atoms with van der Waals surface area (Å²) in [5.41, 5.74) is 6.01. The van der Waals surface area contributed by atoms with E-state index in [1.165, 1.54) is 6.33 Å². The molecule has 6 heteroatoms. The lowest BCUT2D eigenvalue weighted by molar-refractivity contribution is 0.401. The van der Waals surface area contributed by atoms with E-state index in [1.807, 2.05) is 20.8 Å². The van der Waals surface area contributed by atoms with Crippen molar-refractivity contribution in [2.75, 3.05) is 5.73 Å². The largest absolute Gasteiger partial charge is 0.382 e. The molecule has 0 aromatic carbocycles. The van der Waals surface area contributed by atoms with Crippen molar-refractivity contribution in [3.63, 3.8) is 0 Å². The van der Waals surface area contributed by atoms with Crippen LogP contribution < -0.4 is 10.6 Å². The maximum atomic E-state index is 11.8. The van der Waals surface area contributed by atoms with Crippen LogP contribution in [0.5, 0.6) is 0 Å². The first-order chi connectivity index (χ1) is 6.91. The molecule has 2 rings (SSSR count). The monoisotopic (exact) mass is 224 g/mol. The number of hydrogen-bond donors (Lipinski definition) is 1. The van der Waals surface area contributed by atoms with Crippen LogP contribution in [0.2, 0.25) is 0 Å². The molecule has 0 spiro atoms. The maximum absolute atomic E-state index is 11.8.